The zero-order valence-electron chi connectivity index (χ0n) is 13.1. The highest BCUT2D eigenvalue weighted by Gasteiger charge is 2.27. The van der Waals surface area contributed by atoms with Crippen LogP contribution in [-0.4, -0.2) is 34.7 Å². The van der Waals surface area contributed by atoms with Crippen LogP contribution in [-0.2, 0) is 11.3 Å². The van der Waals surface area contributed by atoms with E-state index in [1.165, 1.54) is 5.56 Å². The standard InChI is InChI=1S/C16H25N3O2/c1-16(2,3)21-15(20)19-6-4-13(5-7-19)14-8-12(9-17)10-18-11-14/h8,10-11,13H,4-7,9,17H2,1-3H3. The number of aromatic nitrogens is 1. The number of pyridine rings is 1. The highest BCUT2D eigenvalue weighted by atomic mass is 16.6. The second-order valence-corrected chi connectivity index (χ2v) is 6.57. The molecule has 2 N–H and O–H groups in total. The van der Waals surface area contributed by atoms with Crippen molar-refractivity contribution in [3.05, 3.63) is 29.6 Å². The third-order valence-corrected chi connectivity index (χ3v) is 3.67. The lowest BCUT2D eigenvalue weighted by molar-refractivity contribution is 0.0205. The molecule has 0 aromatic carbocycles. The molecule has 0 spiro atoms. The van der Waals surface area contributed by atoms with Crippen LogP contribution in [0.15, 0.2) is 18.5 Å². The van der Waals surface area contributed by atoms with Gasteiger partial charge < -0.3 is 15.4 Å². The Hall–Kier alpha value is -1.62. The maximum Gasteiger partial charge on any atom is 0.410 e. The number of amides is 1. The van der Waals surface area contributed by atoms with Crippen LogP contribution >= 0.6 is 0 Å². The van der Waals surface area contributed by atoms with Gasteiger partial charge in [-0.05, 0) is 50.7 Å². The Morgan fingerprint density at radius 2 is 2.05 bits per heavy atom. The number of piperidine rings is 1. The largest absolute Gasteiger partial charge is 0.444 e. The van der Waals surface area contributed by atoms with Crippen molar-refractivity contribution >= 4 is 6.09 Å². The van der Waals surface area contributed by atoms with Crippen molar-refractivity contribution < 1.29 is 9.53 Å². The first kappa shape index (κ1) is 15.8. The number of carbonyl (C=O) groups excluding carboxylic acids is 1. The van der Waals surface area contributed by atoms with Crippen LogP contribution < -0.4 is 5.73 Å². The lowest BCUT2D eigenvalue weighted by Gasteiger charge is -2.33. The van der Waals surface area contributed by atoms with Gasteiger partial charge in [-0.3, -0.25) is 4.98 Å². The molecule has 1 aromatic rings. The predicted molar refractivity (Wildman–Crippen MR) is 81.9 cm³/mol. The Balaban J connectivity index is 1.92. The first-order chi connectivity index (χ1) is 9.89. The summed E-state index contributed by atoms with van der Waals surface area (Å²) in [6, 6.07) is 2.13. The minimum atomic E-state index is -0.437. The van der Waals surface area contributed by atoms with Gasteiger partial charge in [-0.2, -0.15) is 0 Å². The Morgan fingerprint density at radius 3 is 2.62 bits per heavy atom. The number of rotatable bonds is 2. The normalized spacial score (nSPS) is 16.9. The number of hydrogen-bond donors (Lipinski definition) is 1. The number of nitrogens with zero attached hydrogens (tertiary/aromatic N) is 2. The molecule has 1 saturated heterocycles. The van der Waals surface area contributed by atoms with E-state index < -0.39 is 5.60 Å². The van der Waals surface area contributed by atoms with E-state index in [4.69, 9.17) is 10.5 Å². The van der Waals surface area contributed by atoms with Crippen LogP contribution in [0.5, 0.6) is 0 Å². The van der Waals surface area contributed by atoms with Crippen molar-refractivity contribution in [1.82, 2.24) is 9.88 Å². The topological polar surface area (TPSA) is 68.5 Å². The highest BCUT2D eigenvalue weighted by molar-refractivity contribution is 5.68. The summed E-state index contributed by atoms with van der Waals surface area (Å²) in [4.78, 5) is 18.1. The number of ether oxygens (including phenoxy) is 1. The third-order valence-electron chi connectivity index (χ3n) is 3.67. The summed E-state index contributed by atoms with van der Waals surface area (Å²) in [5.74, 6) is 0.447. The van der Waals surface area contributed by atoms with Crippen molar-refractivity contribution in [2.24, 2.45) is 5.73 Å². The Kier molecular flexibility index (Phi) is 4.83. The Labute approximate surface area is 126 Å². The van der Waals surface area contributed by atoms with Crippen LogP contribution in [0.1, 0.15) is 50.7 Å². The van der Waals surface area contributed by atoms with E-state index in [9.17, 15) is 4.79 Å². The molecular weight excluding hydrogens is 266 g/mol. The molecule has 0 bridgehead atoms. The summed E-state index contributed by atoms with van der Waals surface area (Å²) >= 11 is 0. The van der Waals surface area contributed by atoms with Gasteiger partial charge in [0.1, 0.15) is 5.60 Å². The molecule has 1 aromatic heterocycles. The van der Waals surface area contributed by atoms with Crippen molar-refractivity contribution in [1.29, 1.82) is 0 Å². The fraction of sp³-hybridized carbons (Fsp3) is 0.625. The smallest absolute Gasteiger partial charge is 0.410 e. The monoisotopic (exact) mass is 291 g/mol. The van der Waals surface area contributed by atoms with Crippen molar-refractivity contribution in [3.63, 3.8) is 0 Å². The quantitative estimate of drug-likeness (QED) is 0.909. The van der Waals surface area contributed by atoms with E-state index in [-0.39, 0.29) is 6.09 Å². The SMILES string of the molecule is CC(C)(C)OC(=O)N1CCC(c2cncc(CN)c2)CC1. The number of hydrogen-bond acceptors (Lipinski definition) is 4. The second-order valence-electron chi connectivity index (χ2n) is 6.57. The number of nitrogens with two attached hydrogens (primary N) is 1. The molecule has 1 amide bonds. The van der Waals surface area contributed by atoms with E-state index >= 15 is 0 Å². The van der Waals surface area contributed by atoms with E-state index in [2.05, 4.69) is 11.1 Å². The lowest BCUT2D eigenvalue weighted by atomic mass is 9.90. The summed E-state index contributed by atoms with van der Waals surface area (Å²) in [6.07, 6.45) is 5.38. The number of likely N-dealkylation sites (tertiary alicyclic amines) is 1. The van der Waals surface area contributed by atoms with Crippen LogP contribution in [0.25, 0.3) is 0 Å². The second kappa shape index (κ2) is 6.43. The molecular formula is C16H25N3O2. The average Bonchev–Trinajstić information content (AvgIpc) is 2.46. The van der Waals surface area contributed by atoms with Crippen molar-refractivity contribution in [2.45, 2.75) is 51.7 Å². The van der Waals surface area contributed by atoms with Gasteiger partial charge in [0.2, 0.25) is 0 Å². The van der Waals surface area contributed by atoms with Crippen LogP contribution in [0.3, 0.4) is 0 Å². The molecule has 0 atom stereocenters. The van der Waals surface area contributed by atoms with Gasteiger partial charge in [-0.15, -0.1) is 0 Å². The van der Waals surface area contributed by atoms with E-state index in [0.717, 1.165) is 31.5 Å². The van der Waals surface area contributed by atoms with Crippen molar-refractivity contribution in [2.75, 3.05) is 13.1 Å². The van der Waals surface area contributed by atoms with Crippen LogP contribution in [0.2, 0.25) is 0 Å². The highest BCUT2D eigenvalue weighted by Crippen LogP contribution is 2.28. The minimum Gasteiger partial charge on any atom is -0.444 e. The van der Waals surface area contributed by atoms with E-state index in [1.54, 1.807) is 11.1 Å². The molecule has 0 saturated carbocycles. The molecule has 2 rings (SSSR count). The Bertz CT molecular complexity index is 489. The molecule has 0 unspecified atom stereocenters. The molecule has 21 heavy (non-hydrogen) atoms. The Morgan fingerprint density at radius 1 is 1.38 bits per heavy atom. The van der Waals surface area contributed by atoms with Gasteiger partial charge in [-0.1, -0.05) is 6.07 Å². The van der Waals surface area contributed by atoms with Gasteiger partial charge >= 0.3 is 6.09 Å². The third kappa shape index (κ3) is 4.43. The van der Waals surface area contributed by atoms with Gasteiger partial charge in [0.25, 0.3) is 0 Å². The predicted octanol–water partition coefficient (Wildman–Crippen LogP) is 2.65. The average molecular weight is 291 g/mol. The maximum absolute atomic E-state index is 12.0. The van der Waals surface area contributed by atoms with Crippen LogP contribution in [0, 0.1) is 0 Å². The van der Waals surface area contributed by atoms with Gasteiger partial charge in [-0.25, -0.2) is 4.79 Å². The van der Waals surface area contributed by atoms with Gasteiger partial charge in [0.05, 0.1) is 0 Å². The molecule has 5 heteroatoms. The summed E-state index contributed by atoms with van der Waals surface area (Å²) < 4.78 is 5.41. The van der Waals surface area contributed by atoms with Crippen molar-refractivity contribution in [3.8, 4) is 0 Å². The fourth-order valence-corrected chi connectivity index (χ4v) is 2.56. The molecule has 1 aliphatic heterocycles. The molecule has 1 fully saturated rings. The number of carbonyl (C=O) groups is 1. The first-order valence-corrected chi connectivity index (χ1v) is 7.51. The minimum absolute atomic E-state index is 0.213. The molecule has 1 aliphatic rings. The van der Waals surface area contributed by atoms with E-state index in [0.29, 0.717) is 12.5 Å². The summed E-state index contributed by atoms with van der Waals surface area (Å²) in [5, 5.41) is 0. The van der Waals surface area contributed by atoms with Gasteiger partial charge in [0, 0.05) is 32.0 Å². The van der Waals surface area contributed by atoms with Crippen LogP contribution in [0.4, 0.5) is 4.79 Å². The molecule has 2 heterocycles. The lowest BCUT2D eigenvalue weighted by Crippen LogP contribution is -2.41. The van der Waals surface area contributed by atoms with E-state index in [1.807, 2.05) is 27.0 Å². The maximum atomic E-state index is 12.0. The first-order valence-electron chi connectivity index (χ1n) is 7.51. The van der Waals surface area contributed by atoms with Gasteiger partial charge in [0.15, 0.2) is 0 Å². The molecule has 0 radical (unpaired) electrons. The zero-order valence-corrected chi connectivity index (χ0v) is 13.1. The zero-order chi connectivity index (χ0) is 15.5. The molecule has 5 nitrogen and oxygen atoms in total. The summed E-state index contributed by atoms with van der Waals surface area (Å²) in [7, 11) is 0. The fourth-order valence-electron chi connectivity index (χ4n) is 2.56. The summed E-state index contributed by atoms with van der Waals surface area (Å²) in [6.45, 7) is 7.64. The molecule has 0 aliphatic carbocycles. The molecule has 116 valence electrons. The summed E-state index contributed by atoms with van der Waals surface area (Å²) in [5.41, 5.74) is 7.50.